The molecule has 2 heterocycles. The van der Waals surface area contributed by atoms with E-state index < -0.39 is 10.0 Å². The molecular formula is C12H19N3O3S. The number of aromatic amines is 1. The zero-order chi connectivity index (χ0) is 13.8. The molecule has 6 nitrogen and oxygen atoms in total. The summed E-state index contributed by atoms with van der Waals surface area (Å²) < 4.78 is 26.8. The average molecular weight is 285 g/mol. The van der Waals surface area contributed by atoms with Gasteiger partial charge >= 0.3 is 0 Å². The number of H-pyrrole nitrogens is 1. The molecule has 0 radical (unpaired) electrons. The van der Waals surface area contributed by atoms with E-state index in [4.69, 9.17) is 0 Å². The van der Waals surface area contributed by atoms with Crippen molar-refractivity contribution in [1.29, 1.82) is 0 Å². The topological polar surface area (TPSA) is 86.3 Å². The summed E-state index contributed by atoms with van der Waals surface area (Å²) in [5.74, 6) is 0.402. The summed E-state index contributed by atoms with van der Waals surface area (Å²) in [4.78, 5) is 0.293. The lowest BCUT2D eigenvalue weighted by Crippen LogP contribution is -2.31. The second-order valence-corrected chi connectivity index (χ2v) is 7.53. The Morgan fingerprint density at radius 2 is 2.05 bits per heavy atom. The summed E-state index contributed by atoms with van der Waals surface area (Å²) in [7, 11) is -3.49. The minimum absolute atomic E-state index is 0.0993. The summed E-state index contributed by atoms with van der Waals surface area (Å²) in [5, 5.41) is 16.6. The number of hydrogen-bond donors (Lipinski definition) is 2. The van der Waals surface area contributed by atoms with Crippen molar-refractivity contribution in [3.8, 4) is 0 Å². The van der Waals surface area contributed by atoms with Gasteiger partial charge in [0.15, 0.2) is 0 Å². The summed E-state index contributed by atoms with van der Waals surface area (Å²) >= 11 is 0. The first-order valence-corrected chi connectivity index (χ1v) is 8.05. The molecule has 2 aliphatic rings. The number of aliphatic hydroxyl groups excluding tert-OH is 1. The molecule has 1 aliphatic heterocycles. The molecule has 0 spiro atoms. The number of nitrogens with one attached hydrogen (secondary N) is 1. The molecule has 1 aromatic rings. The summed E-state index contributed by atoms with van der Waals surface area (Å²) in [6.45, 7) is 4.37. The maximum atomic E-state index is 12.7. The molecule has 3 rings (SSSR count). The van der Waals surface area contributed by atoms with E-state index in [0.717, 1.165) is 12.8 Å². The van der Waals surface area contributed by atoms with Crippen LogP contribution >= 0.6 is 0 Å². The first-order chi connectivity index (χ1) is 8.91. The van der Waals surface area contributed by atoms with E-state index in [1.165, 1.54) is 4.31 Å². The number of fused-ring (bicyclic) bond motifs is 1. The Morgan fingerprint density at radius 1 is 1.32 bits per heavy atom. The first-order valence-electron chi connectivity index (χ1n) is 6.61. The first kappa shape index (κ1) is 13.1. The van der Waals surface area contributed by atoms with Gasteiger partial charge < -0.3 is 5.11 Å². The van der Waals surface area contributed by atoms with Gasteiger partial charge in [0.25, 0.3) is 0 Å². The normalized spacial score (nSPS) is 31.8. The van der Waals surface area contributed by atoms with Gasteiger partial charge in [0, 0.05) is 19.0 Å². The van der Waals surface area contributed by atoms with Crippen LogP contribution in [-0.4, -0.2) is 47.2 Å². The van der Waals surface area contributed by atoms with Gasteiger partial charge in [0.1, 0.15) is 4.90 Å². The molecule has 0 aromatic carbocycles. The van der Waals surface area contributed by atoms with E-state index in [9.17, 15) is 13.5 Å². The van der Waals surface area contributed by atoms with E-state index in [1.807, 2.05) is 0 Å². The van der Waals surface area contributed by atoms with Gasteiger partial charge in [-0.2, -0.15) is 9.40 Å². The van der Waals surface area contributed by atoms with Crippen LogP contribution in [0.15, 0.2) is 4.90 Å². The Morgan fingerprint density at radius 3 is 2.63 bits per heavy atom. The lowest BCUT2D eigenvalue weighted by molar-refractivity contribution is 0.129. The number of nitrogens with zero attached hydrogens (tertiary/aromatic N) is 2. The maximum Gasteiger partial charge on any atom is 0.246 e. The van der Waals surface area contributed by atoms with Gasteiger partial charge in [-0.05, 0) is 32.6 Å². The zero-order valence-electron chi connectivity index (χ0n) is 11.1. The molecule has 1 saturated carbocycles. The number of aryl methyl sites for hydroxylation is 2. The summed E-state index contributed by atoms with van der Waals surface area (Å²) in [6, 6.07) is 0. The Labute approximate surface area is 112 Å². The maximum absolute atomic E-state index is 12.7. The highest BCUT2D eigenvalue weighted by Gasteiger charge is 2.46. The molecular weight excluding hydrogens is 266 g/mol. The van der Waals surface area contributed by atoms with Crippen LogP contribution in [0.3, 0.4) is 0 Å². The third-order valence-electron chi connectivity index (χ3n) is 4.44. The monoisotopic (exact) mass is 285 g/mol. The van der Waals surface area contributed by atoms with E-state index in [1.54, 1.807) is 13.8 Å². The molecule has 1 saturated heterocycles. The molecule has 1 aliphatic carbocycles. The van der Waals surface area contributed by atoms with Crippen molar-refractivity contribution in [3.63, 3.8) is 0 Å². The number of aliphatic hydroxyl groups is 1. The van der Waals surface area contributed by atoms with E-state index >= 15 is 0 Å². The highest BCUT2D eigenvalue weighted by molar-refractivity contribution is 7.89. The lowest BCUT2D eigenvalue weighted by atomic mass is 10.00. The van der Waals surface area contributed by atoms with Crippen molar-refractivity contribution in [1.82, 2.24) is 14.5 Å². The molecule has 0 bridgehead atoms. The third kappa shape index (κ3) is 1.91. The van der Waals surface area contributed by atoms with Crippen LogP contribution in [0.4, 0.5) is 0 Å². The van der Waals surface area contributed by atoms with Gasteiger partial charge in [0.2, 0.25) is 10.0 Å². The fourth-order valence-electron chi connectivity index (χ4n) is 3.44. The second kappa shape index (κ2) is 4.29. The highest BCUT2D eigenvalue weighted by atomic mass is 32.2. The van der Waals surface area contributed by atoms with Crippen molar-refractivity contribution in [2.45, 2.75) is 37.7 Å². The van der Waals surface area contributed by atoms with E-state index in [0.29, 0.717) is 35.3 Å². The van der Waals surface area contributed by atoms with Crippen molar-refractivity contribution < 1.29 is 13.5 Å². The van der Waals surface area contributed by atoms with Crippen LogP contribution in [0.2, 0.25) is 0 Å². The molecule has 2 N–H and O–H groups in total. The number of sulfonamides is 1. The van der Waals surface area contributed by atoms with Crippen molar-refractivity contribution in [3.05, 3.63) is 11.4 Å². The zero-order valence-corrected chi connectivity index (χ0v) is 11.9. The van der Waals surface area contributed by atoms with E-state index in [2.05, 4.69) is 10.2 Å². The predicted molar refractivity (Wildman–Crippen MR) is 69.0 cm³/mol. The van der Waals surface area contributed by atoms with Gasteiger partial charge in [-0.25, -0.2) is 8.42 Å². The van der Waals surface area contributed by atoms with Crippen molar-refractivity contribution >= 4 is 10.0 Å². The lowest BCUT2D eigenvalue weighted by Gasteiger charge is -2.18. The standard InChI is InChI=1S/C12H19N3O3S/c1-7-12(8(2)14-13-7)19(17,18)15-5-9-3-4-11(16)10(9)6-15/h9-11,16H,3-6H2,1-2H3,(H,13,14). The average Bonchev–Trinajstić information content (AvgIpc) is 2.97. The second-order valence-electron chi connectivity index (χ2n) is 5.65. The summed E-state index contributed by atoms with van der Waals surface area (Å²) in [6.07, 6.45) is 1.37. The Balaban J connectivity index is 1.91. The molecule has 1 aromatic heterocycles. The smallest absolute Gasteiger partial charge is 0.246 e. The molecule has 106 valence electrons. The van der Waals surface area contributed by atoms with Gasteiger partial charge in [-0.1, -0.05) is 0 Å². The Hall–Kier alpha value is -0.920. The van der Waals surface area contributed by atoms with Gasteiger partial charge in [-0.15, -0.1) is 0 Å². The largest absolute Gasteiger partial charge is 0.393 e. The van der Waals surface area contributed by atoms with Crippen LogP contribution in [0.5, 0.6) is 0 Å². The number of aromatic nitrogens is 2. The van der Waals surface area contributed by atoms with Crippen LogP contribution in [-0.2, 0) is 10.0 Å². The van der Waals surface area contributed by atoms with Gasteiger partial charge in [0.05, 0.1) is 17.5 Å². The highest BCUT2D eigenvalue weighted by Crippen LogP contribution is 2.40. The quantitative estimate of drug-likeness (QED) is 0.824. The van der Waals surface area contributed by atoms with Crippen molar-refractivity contribution in [2.75, 3.05) is 13.1 Å². The molecule has 7 heteroatoms. The van der Waals surface area contributed by atoms with Gasteiger partial charge in [-0.3, -0.25) is 5.10 Å². The Bertz CT molecular complexity index is 576. The van der Waals surface area contributed by atoms with Crippen LogP contribution in [0.1, 0.15) is 24.2 Å². The van der Waals surface area contributed by atoms with Crippen LogP contribution in [0.25, 0.3) is 0 Å². The Kier molecular flexibility index (Phi) is 2.95. The van der Waals surface area contributed by atoms with E-state index in [-0.39, 0.29) is 12.0 Å². The minimum atomic E-state index is -3.49. The number of rotatable bonds is 2. The predicted octanol–water partition coefficient (Wildman–Crippen LogP) is 0.418. The third-order valence-corrected chi connectivity index (χ3v) is 6.54. The molecule has 0 amide bonds. The fraction of sp³-hybridized carbons (Fsp3) is 0.750. The molecule has 19 heavy (non-hydrogen) atoms. The molecule has 3 atom stereocenters. The summed E-state index contributed by atoms with van der Waals surface area (Å²) in [5.41, 5.74) is 1.09. The van der Waals surface area contributed by atoms with Crippen LogP contribution in [0, 0.1) is 25.7 Å². The molecule has 3 unspecified atom stereocenters. The fourth-order valence-corrected chi connectivity index (χ4v) is 5.31. The van der Waals surface area contributed by atoms with Crippen molar-refractivity contribution in [2.24, 2.45) is 11.8 Å². The minimum Gasteiger partial charge on any atom is -0.393 e. The number of hydrogen-bond acceptors (Lipinski definition) is 4. The van der Waals surface area contributed by atoms with Crippen LogP contribution < -0.4 is 0 Å². The SMILES string of the molecule is Cc1n[nH]c(C)c1S(=O)(=O)N1CC2CCC(O)C2C1. The molecule has 2 fully saturated rings.